The largest absolute Gasteiger partial charge is 0.468 e. The van der Waals surface area contributed by atoms with E-state index < -0.39 is 0 Å². The summed E-state index contributed by atoms with van der Waals surface area (Å²) in [5.41, 5.74) is 0. The molecule has 1 atom stereocenters. The number of piperidine rings is 1. The van der Waals surface area contributed by atoms with Crippen LogP contribution in [0.25, 0.3) is 0 Å². The lowest BCUT2D eigenvalue weighted by molar-refractivity contribution is -0.143. The van der Waals surface area contributed by atoms with Crippen LogP contribution in [0.4, 0.5) is 0 Å². The van der Waals surface area contributed by atoms with Crippen molar-refractivity contribution in [2.75, 3.05) is 46.9 Å². The zero-order chi connectivity index (χ0) is 15.0. The molecule has 118 valence electrons. The highest BCUT2D eigenvalue weighted by Crippen LogP contribution is 2.15. The van der Waals surface area contributed by atoms with E-state index >= 15 is 0 Å². The van der Waals surface area contributed by atoms with Crippen LogP contribution in [0.3, 0.4) is 0 Å². The molecule has 1 fully saturated rings. The van der Waals surface area contributed by atoms with Gasteiger partial charge in [0.05, 0.1) is 7.11 Å². The summed E-state index contributed by atoms with van der Waals surface area (Å²) in [4.78, 5) is 16.6. The summed E-state index contributed by atoms with van der Waals surface area (Å²) < 4.78 is 4.90. The second kappa shape index (κ2) is 9.32. The van der Waals surface area contributed by atoms with Crippen molar-refractivity contribution in [1.82, 2.24) is 15.1 Å². The van der Waals surface area contributed by atoms with Crippen molar-refractivity contribution in [3.63, 3.8) is 0 Å². The molecule has 0 spiro atoms. The molecular weight excluding hydrogens is 254 g/mol. The molecule has 0 radical (unpaired) electrons. The van der Waals surface area contributed by atoms with Crippen LogP contribution in [0.2, 0.25) is 0 Å². The first-order valence-corrected chi connectivity index (χ1v) is 7.86. The maximum absolute atomic E-state index is 11.8. The number of nitrogens with zero attached hydrogens (tertiary/aromatic N) is 2. The zero-order valence-electron chi connectivity index (χ0n) is 13.5. The third-order valence-electron chi connectivity index (χ3n) is 4.22. The maximum Gasteiger partial charge on any atom is 0.324 e. The molecule has 1 N–H and O–H groups in total. The Hall–Kier alpha value is -0.650. The van der Waals surface area contributed by atoms with Crippen LogP contribution in [-0.2, 0) is 9.53 Å². The van der Waals surface area contributed by atoms with E-state index in [0.29, 0.717) is 6.04 Å². The van der Waals surface area contributed by atoms with Crippen LogP contribution >= 0.6 is 0 Å². The first kappa shape index (κ1) is 17.4. The molecule has 0 amide bonds. The Morgan fingerprint density at radius 3 is 2.55 bits per heavy atom. The first-order valence-electron chi connectivity index (χ1n) is 7.86. The van der Waals surface area contributed by atoms with Crippen molar-refractivity contribution in [2.24, 2.45) is 0 Å². The number of esters is 1. The second-order valence-corrected chi connectivity index (χ2v) is 5.63. The summed E-state index contributed by atoms with van der Waals surface area (Å²) in [6.07, 6.45) is 3.39. The van der Waals surface area contributed by atoms with Gasteiger partial charge in [-0.25, -0.2) is 0 Å². The number of nitrogens with one attached hydrogen (secondary N) is 1. The quantitative estimate of drug-likeness (QED) is 0.673. The molecule has 0 aliphatic carbocycles. The highest BCUT2D eigenvalue weighted by molar-refractivity contribution is 5.75. The Bertz CT molecular complexity index is 278. The number of ether oxygens (including phenoxy) is 1. The molecule has 5 heteroatoms. The summed E-state index contributed by atoms with van der Waals surface area (Å²) in [5, 5.41) is 3.28. The molecule has 1 heterocycles. The number of rotatable bonds is 8. The fourth-order valence-corrected chi connectivity index (χ4v) is 2.80. The van der Waals surface area contributed by atoms with Gasteiger partial charge >= 0.3 is 5.97 Å². The van der Waals surface area contributed by atoms with Crippen LogP contribution in [0.1, 0.15) is 33.1 Å². The number of carbonyl (C=O) groups excluding carboxylic acids is 1. The van der Waals surface area contributed by atoms with Crippen LogP contribution in [0.15, 0.2) is 0 Å². The molecule has 0 aromatic heterocycles. The summed E-state index contributed by atoms with van der Waals surface area (Å²) in [6.45, 7) is 9.36. The van der Waals surface area contributed by atoms with E-state index in [2.05, 4.69) is 36.0 Å². The van der Waals surface area contributed by atoms with Gasteiger partial charge in [-0.1, -0.05) is 13.8 Å². The Morgan fingerprint density at radius 1 is 1.40 bits per heavy atom. The molecule has 0 saturated carbocycles. The van der Waals surface area contributed by atoms with Crippen molar-refractivity contribution < 1.29 is 9.53 Å². The molecular formula is C15H31N3O2. The lowest BCUT2D eigenvalue weighted by atomic mass is 10.0. The van der Waals surface area contributed by atoms with E-state index in [-0.39, 0.29) is 12.0 Å². The molecule has 1 aliphatic heterocycles. The fourth-order valence-electron chi connectivity index (χ4n) is 2.80. The van der Waals surface area contributed by atoms with Gasteiger partial charge in [0, 0.05) is 12.6 Å². The van der Waals surface area contributed by atoms with Crippen LogP contribution < -0.4 is 5.32 Å². The lowest BCUT2D eigenvalue weighted by Gasteiger charge is -2.37. The maximum atomic E-state index is 11.8. The highest BCUT2D eigenvalue weighted by atomic mass is 16.5. The number of hydrogen-bond acceptors (Lipinski definition) is 5. The molecule has 0 aromatic rings. The van der Waals surface area contributed by atoms with Gasteiger partial charge in [-0.05, 0) is 52.5 Å². The molecule has 5 nitrogen and oxygen atoms in total. The van der Waals surface area contributed by atoms with Gasteiger partial charge in [-0.2, -0.15) is 0 Å². The Morgan fingerprint density at radius 2 is 2.05 bits per heavy atom. The van der Waals surface area contributed by atoms with Crippen molar-refractivity contribution >= 4 is 5.97 Å². The summed E-state index contributed by atoms with van der Waals surface area (Å²) in [7, 11) is 3.58. The highest BCUT2D eigenvalue weighted by Gasteiger charge is 2.26. The third-order valence-corrected chi connectivity index (χ3v) is 4.22. The van der Waals surface area contributed by atoms with Gasteiger partial charge in [0.1, 0.15) is 6.04 Å². The van der Waals surface area contributed by atoms with E-state index in [1.807, 2.05) is 0 Å². The smallest absolute Gasteiger partial charge is 0.324 e. The predicted octanol–water partition coefficient (Wildman–Crippen LogP) is 0.944. The van der Waals surface area contributed by atoms with E-state index in [0.717, 1.165) is 39.1 Å². The van der Waals surface area contributed by atoms with Crippen molar-refractivity contribution in [3.8, 4) is 0 Å². The van der Waals surface area contributed by atoms with Crippen molar-refractivity contribution in [1.29, 1.82) is 0 Å². The molecule has 1 aliphatic rings. The summed E-state index contributed by atoms with van der Waals surface area (Å²) in [5.74, 6) is -0.156. The summed E-state index contributed by atoms with van der Waals surface area (Å²) >= 11 is 0. The van der Waals surface area contributed by atoms with Gasteiger partial charge in [0.2, 0.25) is 0 Å². The number of methoxy groups -OCH3 is 1. The fraction of sp³-hybridized carbons (Fsp3) is 0.933. The number of likely N-dealkylation sites (tertiary alicyclic amines) is 1. The Labute approximate surface area is 123 Å². The third kappa shape index (κ3) is 5.38. The van der Waals surface area contributed by atoms with E-state index in [4.69, 9.17) is 4.74 Å². The SMILES string of the molecule is CCCNC(CN(C)C1CCN(CC)CC1)C(=O)OC. The van der Waals surface area contributed by atoms with Crippen molar-refractivity contribution in [3.05, 3.63) is 0 Å². The Balaban J connectivity index is 2.44. The topological polar surface area (TPSA) is 44.8 Å². The zero-order valence-corrected chi connectivity index (χ0v) is 13.5. The Kier molecular flexibility index (Phi) is 8.11. The molecule has 20 heavy (non-hydrogen) atoms. The van der Waals surface area contributed by atoms with E-state index in [1.165, 1.54) is 20.0 Å². The normalized spacial score (nSPS) is 19.2. The monoisotopic (exact) mass is 285 g/mol. The number of likely N-dealkylation sites (N-methyl/N-ethyl adjacent to an activating group) is 1. The predicted molar refractivity (Wildman–Crippen MR) is 81.9 cm³/mol. The molecule has 1 saturated heterocycles. The van der Waals surface area contributed by atoms with Crippen LogP contribution in [0.5, 0.6) is 0 Å². The molecule has 0 aromatic carbocycles. The standard InChI is InChI=1S/C15H31N3O2/c1-5-9-16-14(15(19)20-4)12-17(3)13-7-10-18(6-2)11-8-13/h13-14,16H,5-12H2,1-4H3. The van der Waals surface area contributed by atoms with Gasteiger partial charge in [-0.3, -0.25) is 4.79 Å². The van der Waals surface area contributed by atoms with E-state index in [9.17, 15) is 4.79 Å². The number of carbonyl (C=O) groups is 1. The van der Waals surface area contributed by atoms with Gasteiger partial charge in [-0.15, -0.1) is 0 Å². The van der Waals surface area contributed by atoms with Gasteiger partial charge in [0.15, 0.2) is 0 Å². The average molecular weight is 285 g/mol. The minimum absolute atomic E-state index is 0.156. The summed E-state index contributed by atoms with van der Waals surface area (Å²) in [6, 6.07) is 0.363. The number of hydrogen-bond donors (Lipinski definition) is 1. The minimum atomic E-state index is -0.214. The van der Waals surface area contributed by atoms with Gasteiger partial charge < -0.3 is 19.9 Å². The molecule has 1 rings (SSSR count). The second-order valence-electron chi connectivity index (χ2n) is 5.63. The van der Waals surface area contributed by atoms with Crippen molar-refractivity contribution in [2.45, 2.75) is 45.2 Å². The molecule has 0 bridgehead atoms. The first-order chi connectivity index (χ1) is 9.62. The molecule has 1 unspecified atom stereocenters. The van der Waals surface area contributed by atoms with Crippen LogP contribution in [-0.4, -0.2) is 74.7 Å². The van der Waals surface area contributed by atoms with Gasteiger partial charge in [0.25, 0.3) is 0 Å². The van der Waals surface area contributed by atoms with E-state index in [1.54, 1.807) is 0 Å². The average Bonchev–Trinajstić information content (AvgIpc) is 2.50. The lowest BCUT2D eigenvalue weighted by Crippen LogP contribution is -2.51. The minimum Gasteiger partial charge on any atom is -0.468 e. The van der Waals surface area contributed by atoms with Crippen LogP contribution in [0, 0.1) is 0 Å².